The number of aromatic nitrogens is 2. The van der Waals surface area contributed by atoms with Gasteiger partial charge in [-0.1, -0.05) is 5.56 Å². The second-order valence-corrected chi connectivity index (χ2v) is 3.21. The zero-order valence-electron chi connectivity index (χ0n) is 9.18. The maximum atomic E-state index is 4.11. The number of hydrogen-bond donors (Lipinski definition) is 0. The average Bonchev–Trinajstić information content (AvgIpc) is 3.07. The summed E-state index contributed by atoms with van der Waals surface area (Å²) in [6.07, 6.45) is 3.49. The summed E-state index contributed by atoms with van der Waals surface area (Å²) < 4.78 is 0. The Labute approximate surface area is 112 Å². The quantitative estimate of drug-likeness (QED) is 0.498. The van der Waals surface area contributed by atoms with Crippen LogP contribution >= 0.6 is 0 Å². The third kappa shape index (κ3) is 4.35. The third-order valence-corrected chi connectivity index (χ3v) is 2.04. The second kappa shape index (κ2) is 7.55. The molecular formula is C14H12FeN2. The van der Waals surface area contributed by atoms with E-state index in [1.807, 2.05) is 60.7 Å². The van der Waals surface area contributed by atoms with Crippen LogP contribution in [0.15, 0.2) is 73.1 Å². The van der Waals surface area contributed by atoms with E-state index < -0.39 is 0 Å². The molecule has 0 radical (unpaired) electrons. The Morgan fingerprint density at radius 1 is 0.824 bits per heavy atom. The topological polar surface area (TPSA) is 25.8 Å². The molecule has 0 fully saturated rings. The Morgan fingerprint density at radius 2 is 1.41 bits per heavy atom. The van der Waals surface area contributed by atoms with Gasteiger partial charge in [-0.25, -0.2) is 34.2 Å². The summed E-state index contributed by atoms with van der Waals surface area (Å²) in [7, 11) is 0. The Kier molecular flexibility index (Phi) is 5.94. The van der Waals surface area contributed by atoms with E-state index in [-0.39, 0.29) is 17.1 Å². The molecule has 0 N–H and O–H groups in total. The van der Waals surface area contributed by atoms with Crippen LogP contribution < -0.4 is 0 Å². The van der Waals surface area contributed by atoms with Crippen LogP contribution in [-0.2, 0) is 17.1 Å². The van der Waals surface area contributed by atoms with Gasteiger partial charge in [0.15, 0.2) is 0 Å². The van der Waals surface area contributed by atoms with Crippen LogP contribution in [0.25, 0.3) is 11.4 Å². The fourth-order valence-electron chi connectivity index (χ4n) is 1.29. The van der Waals surface area contributed by atoms with E-state index in [2.05, 4.69) is 9.97 Å². The molecule has 2 nitrogen and oxygen atoms in total. The summed E-state index contributed by atoms with van der Waals surface area (Å²) in [5, 5.41) is 0. The summed E-state index contributed by atoms with van der Waals surface area (Å²) >= 11 is 0. The molecule has 0 saturated carbocycles. The Bertz CT molecular complexity index is 455. The van der Waals surface area contributed by atoms with Crippen LogP contribution in [0.2, 0.25) is 0 Å². The van der Waals surface area contributed by atoms with Crippen molar-refractivity contribution >= 4 is 0 Å². The predicted molar refractivity (Wildman–Crippen MR) is 65.1 cm³/mol. The van der Waals surface area contributed by atoms with E-state index in [4.69, 9.17) is 0 Å². The van der Waals surface area contributed by atoms with Gasteiger partial charge in [0.25, 0.3) is 0 Å². The molecule has 0 spiro atoms. The molecule has 1 heterocycles. The van der Waals surface area contributed by atoms with Crippen LogP contribution in [-0.4, -0.2) is 9.97 Å². The molecule has 0 saturated heterocycles. The van der Waals surface area contributed by atoms with Gasteiger partial charge >= 0.3 is 17.1 Å². The van der Waals surface area contributed by atoms with Crippen molar-refractivity contribution in [2.24, 2.45) is 0 Å². The van der Waals surface area contributed by atoms with Crippen molar-refractivity contribution in [1.29, 1.82) is 0 Å². The fraction of sp³-hybridized carbons (Fsp3) is 0. The molecule has 3 rings (SSSR count). The number of nitrogens with zero attached hydrogens (tertiary/aromatic N) is 2. The van der Waals surface area contributed by atoms with Gasteiger partial charge in [0.1, 0.15) is 5.82 Å². The van der Waals surface area contributed by atoms with E-state index in [1.54, 1.807) is 12.4 Å². The second-order valence-electron chi connectivity index (χ2n) is 3.21. The normalized spacial score (nSPS) is 8.71. The minimum Gasteiger partial charge on any atom is -0.250 e. The van der Waals surface area contributed by atoms with Crippen LogP contribution in [0.3, 0.4) is 0 Å². The van der Waals surface area contributed by atoms with Crippen LogP contribution in [0.5, 0.6) is 0 Å². The van der Waals surface area contributed by atoms with Crippen molar-refractivity contribution in [3.63, 3.8) is 0 Å². The Hall–Kier alpha value is -1.70. The molecule has 0 aliphatic heterocycles. The number of hydrogen-bond acceptors (Lipinski definition) is 2. The molecule has 3 aromatic rings. The van der Waals surface area contributed by atoms with Crippen LogP contribution in [0.1, 0.15) is 0 Å². The minimum absolute atomic E-state index is 0. The van der Waals surface area contributed by atoms with Crippen molar-refractivity contribution in [2.45, 2.75) is 0 Å². The van der Waals surface area contributed by atoms with E-state index >= 15 is 0 Å². The first-order chi connectivity index (χ1) is 7.97. The molecule has 86 valence electrons. The smallest absolute Gasteiger partial charge is 0.250 e. The van der Waals surface area contributed by atoms with Gasteiger partial charge in [-0.3, -0.25) is 0 Å². The van der Waals surface area contributed by atoms with Gasteiger partial charge in [0, 0.05) is 12.4 Å². The SMILES string of the molecule is [Fe+2].c1cc[cH-]c1.c1cnc(-[c-]2cccc2)nc1. The van der Waals surface area contributed by atoms with Crippen molar-refractivity contribution in [3.8, 4) is 11.4 Å². The molecule has 0 aliphatic carbocycles. The van der Waals surface area contributed by atoms with Crippen LogP contribution in [0.4, 0.5) is 0 Å². The molecule has 0 unspecified atom stereocenters. The van der Waals surface area contributed by atoms with Crippen molar-refractivity contribution < 1.29 is 17.1 Å². The van der Waals surface area contributed by atoms with Gasteiger partial charge in [-0.05, 0) is 6.07 Å². The first-order valence-electron chi connectivity index (χ1n) is 5.12. The van der Waals surface area contributed by atoms with Crippen LogP contribution in [0, 0.1) is 0 Å². The third-order valence-electron chi connectivity index (χ3n) is 2.04. The van der Waals surface area contributed by atoms with Gasteiger partial charge in [-0.15, -0.1) is 0 Å². The van der Waals surface area contributed by atoms with E-state index in [0.29, 0.717) is 0 Å². The van der Waals surface area contributed by atoms with Gasteiger partial charge in [-0.2, -0.15) is 30.3 Å². The van der Waals surface area contributed by atoms with Crippen molar-refractivity contribution in [1.82, 2.24) is 9.97 Å². The summed E-state index contributed by atoms with van der Waals surface area (Å²) in [6.45, 7) is 0. The molecule has 0 aliphatic rings. The monoisotopic (exact) mass is 264 g/mol. The number of rotatable bonds is 1. The average molecular weight is 264 g/mol. The molecule has 0 amide bonds. The largest absolute Gasteiger partial charge is 2.00 e. The van der Waals surface area contributed by atoms with E-state index in [9.17, 15) is 0 Å². The predicted octanol–water partition coefficient (Wildman–Crippen LogP) is 3.27. The molecule has 3 heteroatoms. The van der Waals surface area contributed by atoms with Gasteiger partial charge < -0.3 is 0 Å². The summed E-state index contributed by atoms with van der Waals surface area (Å²) in [4.78, 5) is 8.22. The zero-order valence-corrected chi connectivity index (χ0v) is 10.3. The van der Waals surface area contributed by atoms with Crippen molar-refractivity contribution in [2.75, 3.05) is 0 Å². The molecule has 0 bridgehead atoms. The summed E-state index contributed by atoms with van der Waals surface area (Å²) in [5.74, 6) is 0.789. The molecular weight excluding hydrogens is 252 g/mol. The maximum absolute atomic E-state index is 4.11. The van der Waals surface area contributed by atoms with E-state index in [1.165, 1.54) is 0 Å². The Balaban J connectivity index is 0.000000205. The van der Waals surface area contributed by atoms with Gasteiger partial charge in [0.05, 0.1) is 0 Å². The summed E-state index contributed by atoms with van der Waals surface area (Å²) in [6, 6.07) is 19.8. The summed E-state index contributed by atoms with van der Waals surface area (Å²) in [5.41, 5.74) is 1.07. The first kappa shape index (κ1) is 13.4. The standard InChI is InChI=1S/C9H7N2.C5H5.Fe/c1-2-5-8(4-1)9-10-6-3-7-11-9;1-2-4-5-3-1;/h1-7H;1-5H;/q2*-1;+2. The van der Waals surface area contributed by atoms with Crippen molar-refractivity contribution in [3.05, 3.63) is 73.1 Å². The first-order valence-corrected chi connectivity index (χ1v) is 5.12. The Morgan fingerprint density at radius 3 is 1.88 bits per heavy atom. The minimum atomic E-state index is 0. The molecule has 2 aromatic carbocycles. The fourth-order valence-corrected chi connectivity index (χ4v) is 1.29. The van der Waals surface area contributed by atoms with E-state index in [0.717, 1.165) is 11.4 Å². The molecule has 0 atom stereocenters. The molecule has 17 heavy (non-hydrogen) atoms. The van der Waals surface area contributed by atoms with Gasteiger partial charge in [0.2, 0.25) is 0 Å². The molecule has 1 aromatic heterocycles. The maximum Gasteiger partial charge on any atom is 2.00 e. The zero-order chi connectivity index (χ0) is 11.1.